The first-order valence-corrected chi connectivity index (χ1v) is 11.6. The van der Waals surface area contributed by atoms with Gasteiger partial charge in [0.2, 0.25) is 0 Å². The Balaban J connectivity index is 1.85. The number of nitrogens with one attached hydrogen (secondary N) is 1. The average Bonchev–Trinajstić information content (AvgIpc) is 2.77. The maximum Gasteiger partial charge on any atom is 0.264 e. The first-order valence-electron chi connectivity index (χ1n) is 9.83. The van der Waals surface area contributed by atoms with Crippen molar-refractivity contribution in [3.05, 3.63) is 82.7 Å². The minimum Gasteiger partial charge on any atom is -0.325 e. The standard InChI is InChI=1S/C22H17F3N4O4S/c1-34(31,32)33-8-7-29-18-10-20(28-19-6-5-14(23)12-27-19)26-11-13(18)9-15(22(29)30)21-16(24)3-2-4-17(21)25/h2-6,9-12H,7-8H2,1H3,(H,26,27,28). The first kappa shape index (κ1) is 23.4. The third-order valence-corrected chi connectivity index (χ3v) is 5.40. The van der Waals surface area contributed by atoms with Crippen LogP contribution < -0.4 is 10.9 Å². The summed E-state index contributed by atoms with van der Waals surface area (Å²) in [6.07, 6.45) is 3.24. The summed E-state index contributed by atoms with van der Waals surface area (Å²) in [5.74, 6) is -1.85. The van der Waals surface area contributed by atoms with E-state index in [-0.39, 0.29) is 30.4 Å². The van der Waals surface area contributed by atoms with Crippen LogP contribution in [0.1, 0.15) is 0 Å². The number of benzene rings is 1. The third kappa shape index (κ3) is 5.07. The molecular formula is C22H17F3N4O4S. The molecule has 0 spiro atoms. The lowest BCUT2D eigenvalue weighted by molar-refractivity contribution is 0.304. The van der Waals surface area contributed by atoms with Gasteiger partial charge in [-0.25, -0.2) is 23.1 Å². The molecule has 8 nitrogen and oxygen atoms in total. The lowest BCUT2D eigenvalue weighted by Gasteiger charge is -2.15. The number of pyridine rings is 3. The Morgan fingerprint density at radius 1 is 1.00 bits per heavy atom. The Labute approximate surface area is 191 Å². The van der Waals surface area contributed by atoms with E-state index >= 15 is 0 Å². The molecule has 3 aromatic heterocycles. The molecule has 4 rings (SSSR count). The topological polar surface area (TPSA) is 103 Å². The number of hydrogen-bond acceptors (Lipinski definition) is 7. The van der Waals surface area contributed by atoms with Gasteiger partial charge in [-0.1, -0.05) is 6.07 Å². The van der Waals surface area contributed by atoms with E-state index in [2.05, 4.69) is 15.3 Å². The van der Waals surface area contributed by atoms with E-state index in [0.717, 1.165) is 29.2 Å². The summed E-state index contributed by atoms with van der Waals surface area (Å²) in [5.41, 5.74) is -1.23. The van der Waals surface area contributed by atoms with Crippen molar-refractivity contribution in [2.75, 3.05) is 18.2 Å². The summed E-state index contributed by atoms with van der Waals surface area (Å²) in [6, 6.07) is 8.60. The van der Waals surface area contributed by atoms with Crippen LogP contribution >= 0.6 is 0 Å². The molecule has 0 radical (unpaired) electrons. The Bertz CT molecular complexity index is 1520. The van der Waals surface area contributed by atoms with E-state index < -0.39 is 38.7 Å². The van der Waals surface area contributed by atoms with Gasteiger partial charge in [-0.2, -0.15) is 8.42 Å². The number of anilines is 2. The van der Waals surface area contributed by atoms with Gasteiger partial charge >= 0.3 is 0 Å². The molecule has 0 fully saturated rings. The van der Waals surface area contributed by atoms with Crippen molar-refractivity contribution in [3.63, 3.8) is 0 Å². The normalized spacial score (nSPS) is 11.6. The van der Waals surface area contributed by atoms with Crippen LogP contribution in [0.5, 0.6) is 0 Å². The van der Waals surface area contributed by atoms with Crippen molar-refractivity contribution in [2.45, 2.75) is 6.54 Å². The van der Waals surface area contributed by atoms with Crippen LogP contribution in [0.25, 0.3) is 22.0 Å². The van der Waals surface area contributed by atoms with Gasteiger partial charge in [0.1, 0.15) is 29.1 Å². The molecule has 1 N–H and O–H groups in total. The monoisotopic (exact) mass is 490 g/mol. The fraction of sp³-hybridized carbons (Fsp3) is 0.136. The maximum atomic E-state index is 14.4. The van der Waals surface area contributed by atoms with Gasteiger partial charge in [-0.3, -0.25) is 8.98 Å². The van der Waals surface area contributed by atoms with Crippen LogP contribution in [0.3, 0.4) is 0 Å². The summed E-state index contributed by atoms with van der Waals surface area (Å²) in [5, 5.41) is 3.22. The molecule has 34 heavy (non-hydrogen) atoms. The van der Waals surface area contributed by atoms with Gasteiger partial charge in [0, 0.05) is 17.6 Å². The van der Waals surface area contributed by atoms with E-state index in [9.17, 15) is 26.4 Å². The highest BCUT2D eigenvalue weighted by Crippen LogP contribution is 2.27. The number of rotatable bonds is 7. The summed E-state index contributed by atoms with van der Waals surface area (Å²) < 4.78 is 70.6. The smallest absolute Gasteiger partial charge is 0.264 e. The number of fused-ring (bicyclic) bond motifs is 1. The van der Waals surface area contributed by atoms with E-state index in [1.807, 2.05) is 0 Å². The molecule has 4 aromatic rings. The highest BCUT2D eigenvalue weighted by molar-refractivity contribution is 7.85. The third-order valence-electron chi connectivity index (χ3n) is 4.81. The minimum atomic E-state index is -3.79. The number of aromatic nitrogens is 3. The zero-order valence-electron chi connectivity index (χ0n) is 17.6. The molecule has 0 saturated heterocycles. The quantitative estimate of drug-likeness (QED) is 0.395. The fourth-order valence-electron chi connectivity index (χ4n) is 3.36. The highest BCUT2D eigenvalue weighted by atomic mass is 32.2. The predicted octanol–water partition coefficient (Wildman–Crippen LogP) is 3.60. The molecule has 0 unspecified atom stereocenters. The molecule has 0 aliphatic heterocycles. The van der Waals surface area contributed by atoms with Crippen LogP contribution in [0.2, 0.25) is 0 Å². The van der Waals surface area contributed by atoms with Gasteiger partial charge < -0.3 is 9.88 Å². The Morgan fingerprint density at radius 3 is 2.35 bits per heavy atom. The molecule has 12 heteroatoms. The lowest BCUT2D eigenvalue weighted by Crippen LogP contribution is -2.25. The molecule has 176 valence electrons. The molecule has 0 aliphatic carbocycles. The van der Waals surface area contributed by atoms with Crippen molar-refractivity contribution < 1.29 is 25.8 Å². The molecule has 3 heterocycles. The molecule has 0 atom stereocenters. The second-order valence-electron chi connectivity index (χ2n) is 7.25. The van der Waals surface area contributed by atoms with Gasteiger partial charge in [-0.15, -0.1) is 0 Å². The summed E-state index contributed by atoms with van der Waals surface area (Å²) in [7, 11) is -3.79. The van der Waals surface area contributed by atoms with Crippen molar-refractivity contribution in [1.82, 2.24) is 14.5 Å². The molecule has 0 bridgehead atoms. The van der Waals surface area contributed by atoms with Gasteiger partial charge in [0.05, 0.1) is 42.2 Å². The molecule has 1 aromatic carbocycles. The number of halogens is 3. The van der Waals surface area contributed by atoms with E-state index in [4.69, 9.17) is 4.18 Å². The lowest BCUT2D eigenvalue weighted by atomic mass is 10.0. The summed E-state index contributed by atoms with van der Waals surface area (Å²) in [6.45, 7) is -0.619. The van der Waals surface area contributed by atoms with Gasteiger partial charge in [0.15, 0.2) is 0 Å². The molecule has 0 aliphatic rings. The molecule has 0 amide bonds. The van der Waals surface area contributed by atoms with Crippen LogP contribution in [-0.4, -0.2) is 35.8 Å². The highest BCUT2D eigenvalue weighted by Gasteiger charge is 2.19. The van der Waals surface area contributed by atoms with Crippen molar-refractivity contribution in [3.8, 4) is 11.1 Å². The van der Waals surface area contributed by atoms with Crippen LogP contribution in [0.4, 0.5) is 24.8 Å². The second kappa shape index (κ2) is 9.23. The predicted molar refractivity (Wildman–Crippen MR) is 120 cm³/mol. The summed E-state index contributed by atoms with van der Waals surface area (Å²) >= 11 is 0. The Morgan fingerprint density at radius 2 is 1.71 bits per heavy atom. The zero-order valence-corrected chi connectivity index (χ0v) is 18.4. The van der Waals surface area contributed by atoms with Crippen molar-refractivity contribution >= 4 is 32.7 Å². The van der Waals surface area contributed by atoms with Crippen molar-refractivity contribution in [2.24, 2.45) is 0 Å². The largest absolute Gasteiger partial charge is 0.325 e. The number of hydrogen-bond donors (Lipinski definition) is 1. The van der Waals surface area contributed by atoms with Crippen LogP contribution in [0.15, 0.2) is 59.7 Å². The number of nitrogens with zero attached hydrogens (tertiary/aromatic N) is 3. The Kier molecular flexibility index (Phi) is 6.35. The van der Waals surface area contributed by atoms with E-state index in [1.54, 1.807) is 0 Å². The molecular weight excluding hydrogens is 473 g/mol. The average molecular weight is 490 g/mol. The zero-order chi connectivity index (χ0) is 24.5. The van der Waals surface area contributed by atoms with Gasteiger partial charge in [0.25, 0.3) is 15.7 Å². The first-order chi connectivity index (χ1) is 16.1. The Hall–Kier alpha value is -3.77. The fourth-order valence-corrected chi connectivity index (χ4v) is 3.74. The van der Waals surface area contributed by atoms with Crippen LogP contribution in [0, 0.1) is 17.5 Å². The van der Waals surface area contributed by atoms with E-state index in [0.29, 0.717) is 10.9 Å². The minimum absolute atomic E-state index is 0.232. The maximum absolute atomic E-state index is 14.4. The SMILES string of the molecule is CS(=O)(=O)OCCn1c(=O)c(-c2c(F)cccc2F)cc2cnc(Nc3ccc(F)cn3)cc21. The van der Waals surface area contributed by atoms with Crippen molar-refractivity contribution in [1.29, 1.82) is 0 Å². The van der Waals surface area contributed by atoms with E-state index in [1.165, 1.54) is 36.5 Å². The molecule has 0 saturated carbocycles. The van der Waals surface area contributed by atoms with Gasteiger partial charge in [-0.05, 0) is 30.3 Å². The van der Waals surface area contributed by atoms with Crippen LogP contribution in [-0.2, 0) is 20.8 Å². The second-order valence-corrected chi connectivity index (χ2v) is 8.90. The summed E-state index contributed by atoms with van der Waals surface area (Å²) in [4.78, 5) is 21.4.